The summed E-state index contributed by atoms with van der Waals surface area (Å²) in [4.78, 5) is 14.3. The standard InChI is InChI=1S/C9H9F2NO2S/c1-9(2,8(13)14)15-7-6(11)3-5(10)4-12-7/h3-4H,1-2H3,(H,13,14). The van der Waals surface area contributed by atoms with Crippen LogP contribution in [0.2, 0.25) is 0 Å². The van der Waals surface area contributed by atoms with Gasteiger partial charge in [0.1, 0.15) is 15.6 Å². The molecule has 0 aliphatic carbocycles. The molecule has 1 heterocycles. The van der Waals surface area contributed by atoms with Crippen LogP contribution in [0.5, 0.6) is 0 Å². The number of aromatic nitrogens is 1. The Hall–Kier alpha value is -1.17. The fourth-order valence-corrected chi connectivity index (χ4v) is 1.59. The van der Waals surface area contributed by atoms with Gasteiger partial charge < -0.3 is 5.11 Å². The summed E-state index contributed by atoms with van der Waals surface area (Å²) in [5.74, 6) is -2.72. The molecule has 0 spiro atoms. The van der Waals surface area contributed by atoms with Gasteiger partial charge in [-0.05, 0) is 13.8 Å². The Bertz CT molecular complexity index is 396. The Kier molecular flexibility index (Phi) is 3.28. The van der Waals surface area contributed by atoms with E-state index in [4.69, 9.17) is 5.11 Å². The van der Waals surface area contributed by atoms with Crippen molar-refractivity contribution in [2.24, 2.45) is 0 Å². The van der Waals surface area contributed by atoms with E-state index >= 15 is 0 Å². The summed E-state index contributed by atoms with van der Waals surface area (Å²) in [6.07, 6.45) is 0.851. The maximum atomic E-state index is 13.1. The Morgan fingerprint density at radius 1 is 1.53 bits per heavy atom. The second-order valence-corrected chi connectivity index (χ2v) is 4.97. The van der Waals surface area contributed by atoms with Crippen molar-refractivity contribution in [3.05, 3.63) is 23.9 Å². The van der Waals surface area contributed by atoms with E-state index in [1.165, 1.54) is 13.8 Å². The molecule has 0 amide bonds. The zero-order valence-electron chi connectivity index (χ0n) is 8.12. The van der Waals surface area contributed by atoms with Crippen LogP contribution in [0.3, 0.4) is 0 Å². The molecule has 1 rings (SSSR count). The van der Waals surface area contributed by atoms with Crippen molar-refractivity contribution in [3.63, 3.8) is 0 Å². The monoisotopic (exact) mass is 233 g/mol. The molecule has 0 aromatic carbocycles. The Labute approximate surface area is 89.5 Å². The number of pyridine rings is 1. The fraction of sp³-hybridized carbons (Fsp3) is 0.333. The number of rotatable bonds is 3. The third kappa shape index (κ3) is 2.89. The number of hydrogen-bond donors (Lipinski definition) is 1. The highest BCUT2D eigenvalue weighted by molar-refractivity contribution is 8.01. The second-order valence-electron chi connectivity index (χ2n) is 3.36. The van der Waals surface area contributed by atoms with Gasteiger partial charge in [-0.3, -0.25) is 4.79 Å². The number of nitrogens with zero attached hydrogens (tertiary/aromatic N) is 1. The molecule has 0 saturated heterocycles. The van der Waals surface area contributed by atoms with E-state index in [9.17, 15) is 13.6 Å². The highest BCUT2D eigenvalue weighted by Gasteiger charge is 2.30. The lowest BCUT2D eigenvalue weighted by atomic mass is 10.2. The van der Waals surface area contributed by atoms with Crippen molar-refractivity contribution >= 4 is 17.7 Å². The van der Waals surface area contributed by atoms with Gasteiger partial charge in [0.15, 0.2) is 5.82 Å². The van der Waals surface area contributed by atoms with Gasteiger partial charge in [-0.25, -0.2) is 13.8 Å². The average Bonchev–Trinajstić information content (AvgIpc) is 2.09. The number of carboxylic acid groups (broad SMARTS) is 1. The molecule has 3 nitrogen and oxygen atoms in total. The van der Waals surface area contributed by atoms with Gasteiger partial charge in [0.2, 0.25) is 0 Å². The first-order chi connectivity index (χ1) is 6.83. The minimum Gasteiger partial charge on any atom is -0.480 e. The molecule has 0 unspecified atom stereocenters. The normalized spacial score (nSPS) is 11.5. The summed E-state index contributed by atoms with van der Waals surface area (Å²) in [5.41, 5.74) is 0. The Morgan fingerprint density at radius 2 is 2.13 bits per heavy atom. The van der Waals surface area contributed by atoms with Crippen molar-refractivity contribution < 1.29 is 18.7 Å². The lowest BCUT2D eigenvalue weighted by Gasteiger charge is -2.17. The topological polar surface area (TPSA) is 50.2 Å². The van der Waals surface area contributed by atoms with Crippen LogP contribution in [0, 0.1) is 11.6 Å². The fourth-order valence-electron chi connectivity index (χ4n) is 0.762. The summed E-state index contributed by atoms with van der Waals surface area (Å²) in [5, 5.41) is 8.68. The summed E-state index contributed by atoms with van der Waals surface area (Å²) >= 11 is 0.737. The average molecular weight is 233 g/mol. The molecule has 1 aromatic rings. The van der Waals surface area contributed by atoms with Crippen LogP contribution < -0.4 is 0 Å². The third-order valence-electron chi connectivity index (χ3n) is 1.64. The maximum Gasteiger partial charge on any atom is 0.319 e. The first kappa shape index (κ1) is 11.9. The highest BCUT2D eigenvalue weighted by atomic mass is 32.2. The van der Waals surface area contributed by atoms with Crippen LogP contribution in [0.1, 0.15) is 13.8 Å². The molecule has 1 aromatic heterocycles. The van der Waals surface area contributed by atoms with E-state index in [1.807, 2.05) is 0 Å². The van der Waals surface area contributed by atoms with E-state index in [-0.39, 0.29) is 5.03 Å². The van der Waals surface area contributed by atoms with Crippen molar-refractivity contribution in [2.45, 2.75) is 23.6 Å². The van der Waals surface area contributed by atoms with Crippen LogP contribution in [-0.4, -0.2) is 20.8 Å². The number of halogens is 2. The van der Waals surface area contributed by atoms with Crippen LogP contribution in [0.15, 0.2) is 17.3 Å². The number of carbonyl (C=O) groups is 1. The minimum atomic E-state index is -1.20. The molecule has 6 heteroatoms. The largest absolute Gasteiger partial charge is 0.480 e. The molecule has 15 heavy (non-hydrogen) atoms. The van der Waals surface area contributed by atoms with Gasteiger partial charge in [0.05, 0.1) is 6.20 Å². The molecule has 0 aliphatic heterocycles. The number of carboxylic acids is 1. The summed E-state index contributed by atoms with van der Waals surface area (Å²) in [6, 6.07) is 0.674. The van der Waals surface area contributed by atoms with Crippen molar-refractivity contribution in [3.8, 4) is 0 Å². The molecular formula is C9H9F2NO2S. The van der Waals surface area contributed by atoms with Crippen molar-refractivity contribution in [1.29, 1.82) is 0 Å². The van der Waals surface area contributed by atoms with Crippen LogP contribution in [0.25, 0.3) is 0 Å². The van der Waals surface area contributed by atoms with Gasteiger partial charge in [0, 0.05) is 6.07 Å². The van der Waals surface area contributed by atoms with E-state index < -0.39 is 22.4 Å². The van der Waals surface area contributed by atoms with E-state index in [1.54, 1.807) is 0 Å². The smallest absolute Gasteiger partial charge is 0.319 e. The van der Waals surface area contributed by atoms with Gasteiger partial charge in [-0.1, -0.05) is 11.8 Å². The second kappa shape index (κ2) is 4.14. The van der Waals surface area contributed by atoms with Gasteiger partial charge in [0.25, 0.3) is 0 Å². The molecule has 0 fully saturated rings. The number of thioether (sulfide) groups is 1. The van der Waals surface area contributed by atoms with Crippen LogP contribution in [-0.2, 0) is 4.79 Å². The Balaban J connectivity index is 2.95. The molecule has 0 saturated carbocycles. The number of hydrogen-bond acceptors (Lipinski definition) is 3. The van der Waals surface area contributed by atoms with Crippen molar-refractivity contribution in [1.82, 2.24) is 4.98 Å². The van der Waals surface area contributed by atoms with Gasteiger partial charge >= 0.3 is 5.97 Å². The molecule has 0 bridgehead atoms. The minimum absolute atomic E-state index is 0.121. The van der Waals surface area contributed by atoms with Crippen LogP contribution in [0.4, 0.5) is 8.78 Å². The van der Waals surface area contributed by atoms with Gasteiger partial charge in [-0.15, -0.1) is 0 Å². The predicted molar refractivity (Wildman–Crippen MR) is 51.7 cm³/mol. The maximum absolute atomic E-state index is 13.1. The first-order valence-corrected chi connectivity index (χ1v) is 4.88. The zero-order chi connectivity index (χ0) is 11.6. The summed E-state index contributed by atoms with van der Waals surface area (Å²) < 4.78 is 24.4. The van der Waals surface area contributed by atoms with Crippen LogP contribution >= 0.6 is 11.8 Å². The highest BCUT2D eigenvalue weighted by Crippen LogP contribution is 2.32. The zero-order valence-corrected chi connectivity index (χ0v) is 8.94. The first-order valence-electron chi connectivity index (χ1n) is 4.06. The Morgan fingerprint density at radius 3 is 2.60 bits per heavy atom. The van der Waals surface area contributed by atoms with E-state index in [0.29, 0.717) is 6.07 Å². The van der Waals surface area contributed by atoms with E-state index in [0.717, 1.165) is 18.0 Å². The summed E-state index contributed by atoms with van der Waals surface area (Å²) in [6.45, 7) is 2.84. The number of aliphatic carboxylic acids is 1. The molecular weight excluding hydrogens is 224 g/mol. The molecule has 82 valence electrons. The molecule has 0 radical (unpaired) electrons. The quantitative estimate of drug-likeness (QED) is 0.814. The molecule has 0 aliphatic rings. The lowest BCUT2D eigenvalue weighted by molar-refractivity contribution is -0.138. The molecule has 1 N–H and O–H groups in total. The SMILES string of the molecule is CC(C)(Sc1ncc(F)cc1F)C(=O)O. The van der Waals surface area contributed by atoms with E-state index in [2.05, 4.69) is 4.98 Å². The summed E-state index contributed by atoms with van der Waals surface area (Å²) in [7, 11) is 0. The van der Waals surface area contributed by atoms with Gasteiger partial charge in [-0.2, -0.15) is 0 Å². The lowest BCUT2D eigenvalue weighted by Crippen LogP contribution is -2.27. The van der Waals surface area contributed by atoms with Crippen molar-refractivity contribution in [2.75, 3.05) is 0 Å². The predicted octanol–water partition coefficient (Wildman–Crippen LogP) is 2.32. The third-order valence-corrected chi connectivity index (χ3v) is 2.82. The molecule has 0 atom stereocenters.